The maximum Gasteiger partial charge on any atom is 0.115 e. The number of hydrogen-bond acceptors (Lipinski definition) is 4. The number of nitrogens with zero attached hydrogens (tertiary/aromatic N) is 2. The lowest BCUT2D eigenvalue weighted by atomic mass is 9.85. The normalized spacial score (nSPS) is 15.8. The summed E-state index contributed by atoms with van der Waals surface area (Å²) < 4.78 is 0. The van der Waals surface area contributed by atoms with E-state index in [2.05, 4.69) is 9.97 Å². The van der Waals surface area contributed by atoms with Crippen molar-refractivity contribution in [2.45, 2.75) is 19.4 Å². The molecule has 1 unspecified atom stereocenters. The third-order valence-corrected chi connectivity index (χ3v) is 2.33. The van der Waals surface area contributed by atoms with Crippen molar-refractivity contribution in [1.82, 2.24) is 9.97 Å². The molecule has 1 aromatic heterocycles. The number of aromatic nitrogens is 2. The van der Waals surface area contributed by atoms with Crippen molar-refractivity contribution in [2.24, 2.45) is 11.7 Å². The maximum absolute atomic E-state index is 10.2. The molecule has 0 amide bonds. The molecule has 1 aromatic rings. The summed E-state index contributed by atoms with van der Waals surface area (Å²) in [5, 5.41) is 10.2. The van der Waals surface area contributed by atoms with Gasteiger partial charge in [0, 0.05) is 24.5 Å². The second kappa shape index (κ2) is 3.81. The molecule has 4 nitrogen and oxygen atoms in total. The van der Waals surface area contributed by atoms with Crippen molar-refractivity contribution in [3.63, 3.8) is 0 Å². The van der Waals surface area contributed by atoms with Gasteiger partial charge in [-0.25, -0.2) is 9.97 Å². The summed E-state index contributed by atoms with van der Waals surface area (Å²) >= 11 is 0. The Hall–Kier alpha value is -1.00. The summed E-state index contributed by atoms with van der Waals surface area (Å²) in [5.74, 6) is 0.0449. The van der Waals surface area contributed by atoms with Crippen LogP contribution in [0.25, 0.3) is 0 Å². The van der Waals surface area contributed by atoms with Crippen LogP contribution < -0.4 is 5.73 Å². The van der Waals surface area contributed by atoms with Crippen molar-refractivity contribution >= 4 is 0 Å². The molecule has 0 bridgehead atoms. The molecule has 0 saturated heterocycles. The van der Waals surface area contributed by atoms with Crippen LogP contribution in [-0.2, 0) is 5.60 Å². The Kier molecular flexibility index (Phi) is 2.95. The van der Waals surface area contributed by atoms with Crippen LogP contribution in [0.4, 0.5) is 0 Å². The zero-order valence-electron chi connectivity index (χ0n) is 7.94. The van der Waals surface area contributed by atoms with Crippen LogP contribution in [0.15, 0.2) is 18.7 Å². The topological polar surface area (TPSA) is 72.0 Å². The van der Waals surface area contributed by atoms with Gasteiger partial charge >= 0.3 is 0 Å². The van der Waals surface area contributed by atoms with E-state index < -0.39 is 5.60 Å². The summed E-state index contributed by atoms with van der Waals surface area (Å²) in [7, 11) is 0. The average molecular weight is 181 g/mol. The van der Waals surface area contributed by atoms with E-state index >= 15 is 0 Å². The maximum atomic E-state index is 10.2. The monoisotopic (exact) mass is 181 g/mol. The van der Waals surface area contributed by atoms with Crippen LogP contribution in [0, 0.1) is 5.92 Å². The minimum Gasteiger partial charge on any atom is -0.383 e. The van der Waals surface area contributed by atoms with Crippen molar-refractivity contribution in [3.8, 4) is 0 Å². The van der Waals surface area contributed by atoms with Gasteiger partial charge in [0.25, 0.3) is 0 Å². The van der Waals surface area contributed by atoms with Gasteiger partial charge < -0.3 is 10.8 Å². The molecule has 4 heteroatoms. The molecular weight excluding hydrogens is 166 g/mol. The Labute approximate surface area is 77.8 Å². The van der Waals surface area contributed by atoms with Crippen LogP contribution in [0.3, 0.4) is 0 Å². The SMILES string of the molecule is CC(C)C(O)(CN)c1cncnc1. The second-order valence-corrected chi connectivity index (χ2v) is 3.41. The standard InChI is InChI=1S/C9H15N3O/c1-7(2)9(13,5-10)8-3-11-6-12-4-8/h3-4,6-7,13H,5,10H2,1-2H3. The summed E-state index contributed by atoms with van der Waals surface area (Å²) in [4.78, 5) is 7.71. The highest BCUT2D eigenvalue weighted by molar-refractivity contribution is 5.15. The van der Waals surface area contributed by atoms with Gasteiger partial charge in [-0.05, 0) is 5.92 Å². The predicted octanol–water partition coefficient (Wildman–Crippen LogP) is 0.279. The fraction of sp³-hybridized carbons (Fsp3) is 0.556. The Bertz CT molecular complexity index is 263. The largest absolute Gasteiger partial charge is 0.383 e. The Balaban J connectivity index is 3.03. The highest BCUT2D eigenvalue weighted by Gasteiger charge is 2.31. The highest BCUT2D eigenvalue weighted by Crippen LogP contribution is 2.26. The molecule has 0 radical (unpaired) electrons. The first-order chi connectivity index (χ1) is 6.11. The second-order valence-electron chi connectivity index (χ2n) is 3.41. The van der Waals surface area contributed by atoms with E-state index in [1.807, 2.05) is 13.8 Å². The summed E-state index contributed by atoms with van der Waals surface area (Å²) in [6.45, 7) is 4.01. The van der Waals surface area contributed by atoms with Gasteiger partial charge in [-0.1, -0.05) is 13.8 Å². The fourth-order valence-corrected chi connectivity index (χ4v) is 1.21. The lowest BCUT2D eigenvalue weighted by Gasteiger charge is -2.30. The molecule has 3 N–H and O–H groups in total. The zero-order chi connectivity index (χ0) is 9.90. The molecular formula is C9H15N3O. The van der Waals surface area contributed by atoms with Gasteiger partial charge in [0.15, 0.2) is 0 Å². The van der Waals surface area contributed by atoms with Crippen molar-refractivity contribution in [2.75, 3.05) is 6.54 Å². The van der Waals surface area contributed by atoms with Crippen molar-refractivity contribution in [1.29, 1.82) is 0 Å². The molecule has 0 aliphatic rings. The molecule has 0 saturated carbocycles. The van der Waals surface area contributed by atoms with Crippen LogP contribution in [0.2, 0.25) is 0 Å². The first kappa shape index (κ1) is 10.1. The summed E-state index contributed by atoms with van der Waals surface area (Å²) in [5.41, 5.74) is 5.20. The van der Waals surface area contributed by atoms with E-state index in [-0.39, 0.29) is 12.5 Å². The Morgan fingerprint density at radius 1 is 1.46 bits per heavy atom. The first-order valence-corrected chi connectivity index (χ1v) is 4.29. The molecule has 0 aliphatic heterocycles. The van der Waals surface area contributed by atoms with Gasteiger partial charge in [0.05, 0.1) is 0 Å². The van der Waals surface area contributed by atoms with E-state index in [4.69, 9.17) is 5.73 Å². The smallest absolute Gasteiger partial charge is 0.115 e. The number of hydrogen-bond donors (Lipinski definition) is 2. The van der Waals surface area contributed by atoms with Gasteiger partial charge in [-0.2, -0.15) is 0 Å². The quantitative estimate of drug-likeness (QED) is 0.702. The number of rotatable bonds is 3. The molecule has 0 fully saturated rings. The van der Waals surface area contributed by atoms with E-state index in [9.17, 15) is 5.11 Å². The van der Waals surface area contributed by atoms with Crippen LogP contribution in [0.5, 0.6) is 0 Å². The molecule has 0 spiro atoms. The van der Waals surface area contributed by atoms with E-state index in [0.717, 1.165) is 0 Å². The molecule has 1 atom stereocenters. The van der Waals surface area contributed by atoms with E-state index in [1.165, 1.54) is 6.33 Å². The third kappa shape index (κ3) is 1.84. The van der Waals surface area contributed by atoms with Gasteiger partial charge in [-0.15, -0.1) is 0 Å². The lowest BCUT2D eigenvalue weighted by molar-refractivity contribution is -0.00178. The lowest BCUT2D eigenvalue weighted by Crippen LogP contribution is -2.40. The molecule has 72 valence electrons. The first-order valence-electron chi connectivity index (χ1n) is 4.29. The number of aliphatic hydroxyl groups is 1. The van der Waals surface area contributed by atoms with Crippen molar-refractivity contribution < 1.29 is 5.11 Å². The van der Waals surface area contributed by atoms with Crippen LogP contribution >= 0.6 is 0 Å². The van der Waals surface area contributed by atoms with E-state index in [1.54, 1.807) is 12.4 Å². The summed E-state index contributed by atoms with van der Waals surface area (Å²) in [6.07, 6.45) is 4.63. The molecule has 1 rings (SSSR count). The predicted molar refractivity (Wildman–Crippen MR) is 49.8 cm³/mol. The van der Waals surface area contributed by atoms with Crippen LogP contribution in [-0.4, -0.2) is 21.6 Å². The summed E-state index contributed by atoms with van der Waals surface area (Å²) in [6, 6.07) is 0. The van der Waals surface area contributed by atoms with E-state index in [0.29, 0.717) is 5.56 Å². The molecule has 13 heavy (non-hydrogen) atoms. The van der Waals surface area contributed by atoms with Gasteiger partial charge in [0.1, 0.15) is 11.9 Å². The van der Waals surface area contributed by atoms with Crippen LogP contribution in [0.1, 0.15) is 19.4 Å². The minimum absolute atomic E-state index is 0.0449. The third-order valence-electron chi connectivity index (χ3n) is 2.33. The number of nitrogens with two attached hydrogens (primary N) is 1. The van der Waals surface area contributed by atoms with Crippen molar-refractivity contribution in [3.05, 3.63) is 24.3 Å². The Morgan fingerprint density at radius 3 is 2.38 bits per heavy atom. The van der Waals surface area contributed by atoms with Gasteiger partial charge in [0.2, 0.25) is 0 Å². The fourth-order valence-electron chi connectivity index (χ4n) is 1.21. The zero-order valence-corrected chi connectivity index (χ0v) is 7.94. The molecule has 0 aliphatic carbocycles. The Morgan fingerprint density at radius 2 is 2.00 bits per heavy atom. The minimum atomic E-state index is -1.01. The highest BCUT2D eigenvalue weighted by atomic mass is 16.3. The average Bonchev–Trinajstić information content (AvgIpc) is 2.17. The molecule has 1 heterocycles. The molecule has 0 aromatic carbocycles. The van der Waals surface area contributed by atoms with Gasteiger partial charge in [-0.3, -0.25) is 0 Å².